The number of amides is 1. The third-order valence-electron chi connectivity index (χ3n) is 2.46. The van der Waals surface area contributed by atoms with Crippen LogP contribution in [0.2, 0.25) is 0 Å². The second kappa shape index (κ2) is 5.10. The number of carbonyl (C=O) groups excluding carboxylic acids is 1. The van der Waals surface area contributed by atoms with Crippen molar-refractivity contribution in [2.75, 3.05) is 0 Å². The number of nitrogens with one attached hydrogen (secondary N) is 1. The first-order valence-corrected chi connectivity index (χ1v) is 6.32. The van der Waals surface area contributed by atoms with Crippen molar-refractivity contribution < 1.29 is 4.79 Å². The molecule has 0 aliphatic carbocycles. The van der Waals surface area contributed by atoms with Crippen LogP contribution in [0.15, 0.2) is 35.7 Å². The highest BCUT2D eigenvalue weighted by atomic mass is 32.1. The summed E-state index contributed by atoms with van der Waals surface area (Å²) in [6.07, 6.45) is 0. The molecule has 1 heterocycles. The Morgan fingerprint density at radius 3 is 2.65 bits per heavy atom. The van der Waals surface area contributed by atoms with Crippen molar-refractivity contribution in [1.82, 2.24) is 10.3 Å². The molecule has 1 N–H and O–H groups in total. The van der Waals surface area contributed by atoms with E-state index in [1.54, 1.807) is 0 Å². The molecule has 17 heavy (non-hydrogen) atoms. The zero-order valence-electron chi connectivity index (χ0n) is 9.81. The lowest BCUT2D eigenvalue weighted by Gasteiger charge is -2.12. The van der Waals surface area contributed by atoms with Gasteiger partial charge in [0.25, 0.3) is 5.91 Å². The average molecular weight is 246 g/mol. The van der Waals surface area contributed by atoms with Crippen molar-refractivity contribution in [3.63, 3.8) is 0 Å². The number of benzene rings is 1. The van der Waals surface area contributed by atoms with Crippen molar-refractivity contribution in [2.45, 2.75) is 19.9 Å². The zero-order chi connectivity index (χ0) is 12.3. The van der Waals surface area contributed by atoms with Gasteiger partial charge in [-0.25, -0.2) is 4.98 Å². The molecule has 88 valence electrons. The Kier molecular flexibility index (Phi) is 3.54. The van der Waals surface area contributed by atoms with E-state index in [1.165, 1.54) is 11.3 Å². The summed E-state index contributed by atoms with van der Waals surface area (Å²) in [5.41, 5.74) is 1.97. The number of aromatic nitrogens is 1. The normalized spacial score (nSPS) is 12.1. The Hall–Kier alpha value is -1.68. The number of hydrogen-bond acceptors (Lipinski definition) is 3. The Morgan fingerprint density at radius 2 is 2.06 bits per heavy atom. The number of rotatable bonds is 3. The van der Waals surface area contributed by atoms with Crippen LogP contribution in [-0.2, 0) is 0 Å². The topological polar surface area (TPSA) is 42.0 Å². The first-order valence-electron chi connectivity index (χ1n) is 5.45. The molecular weight excluding hydrogens is 232 g/mol. The molecule has 2 aromatic rings. The zero-order valence-corrected chi connectivity index (χ0v) is 10.6. The monoisotopic (exact) mass is 246 g/mol. The summed E-state index contributed by atoms with van der Waals surface area (Å²) in [6.45, 7) is 3.85. The van der Waals surface area contributed by atoms with Crippen molar-refractivity contribution in [3.05, 3.63) is 52.0 Å². The predicted molar refractivity (Wildman–Crippen MR) is 69.2 cm³/mol. The largest absolute Gasteiger partial charge is 0.343 e. The second-order valence-electron chi connectivity index (χ2n) is 3.90. The third-order valence-corrected chi connectivity index (χ3v) is 3.42. The van der Waals surface area contributed by atoms with Gasteiger partial charge in [0.1, 0.15) is 0 Å². The number of hydrogen-bond donors (Lipinski definition) is 1. The van der Waals surface area contributed by atoms with Crippen LogP contribution < -0.4 is 5.32 Å². The van der Waals surface area contributed by atoms with E-state index in [4.69, 9.17) is 0 Å². The van der Waals surface area contributed by atoms with Crippen LogP contribution >= 0.6 is 11.3 Å². The molecular formula is C13H14N2OS. The van der Waals surface area contributed by atoms with Gasteiger partial charge in [-0.15, -0.1) is 11.3 Å². The van der Waals surface area contributed by atoms with Gasteiger partial charge in [-0.2, -0.15) is 0 Å². The Labute approximate surface area is 105 Å². The molecule has 0 bridgehead atoms. The van der Waals surface area contributed by atoms with Crippen LogP contribution in [0, 0.1) is 6.92 Å². The molecule has 0 aliphatic rings. The Bertz CT molecular complexity index is 507. The fourth-order valence-electron chi connectivity index (χ4n) is 1.54. The SMILES string of the molecule is Cc1csc(C(=O)NC(C)c2ccccc2)n1. The lowest BCUT2D eigenvalue weighted by atomic mass is 10.1. The van der Waals surface area contributed by atoms with Gasteiger partial charge in [0.2, 0.25) is 0 Å². The molecule has 0 saturated heterocycles. The van der Waals surface area contributed by atoms with Crippen LogP contribution in [-0.4, -0.2) is 10.9 Å². The fraction of sp³-hybridized carbons (Fsp3) is 0.231. The maximum atomic E-state index is 11.9. The molecule has 0 aliphatic heterocycles. The van der Waals surface area contributed by atoms with E-state index in [-0.39, 0.29) is 11.9 Å². The number of nitrogens with zero attached hydrogens (tertiary/aromatic N) is 1. The molecule has 1 aromatic heterocycles. The molecule has 4 heteroatoms. The molecule has 1 amide bonds. The number of aryl methyl sites for hydroxylation is 1. The van der Waals surface area contributed by atoms with E-state index in [9.17, 15) is 4.79 Å². The number of carbonyl (C=O) groups is 1. The average Bonchev–Trinajstić information content (AvgIpc) is 2.77. The van der Waals surface area contributed by atoms with Gasteiger partial charge in [0.05, 0.1) is 6.04 Å². The van der Waals surface area contributed by atoms with E-state index in [2.05, 4.69) is 10.3 Å². The Morgan fingerprint density at radius 1 is 1.35 bits per heavy atom. The molecule has 1 atom stereocenters. The quantitative estimate of drug-likeness (QED) is 0.904. The summed E-state index contributed by atoms with van der Waals surface area (Å²) >= 11 is 1.37. The molecule has 1 unspecified atom stereocenters. The molecule has 2 rings (SSSR count). The van der Waals surface area contributed by atoms with Crippen molar-refractivity contribution in [3.8, 4) is 0 Å². The van der Waals surface area contributed by atoms with E-state index < -0.39 is 0 Å². The minimum absolute atomic E-state index is 0.00657. The van der Waals surface area contributed by atoms with E-state index in [0.29, 0.717) is 5.01 Å². The lowest BCUT2D eigenvalue weighted by Crippen LogP contribution is -2.26. The van der Waals surface area contributed by atoms with Gasteiger partial charge in [-0.05, 0) is 19.4 Å². The highest BCUT2D eigenvalue weighted by molar-refractivity contribution is 7.11. The molecule has 0 fully saturated rings. The summed E-state index contributed by atoms with van der Waals surface area (Å²) in [7, 11) is 0. The Balaban J connectivity index is 2.04. The maximum Gasteiger partial charge on any atom is 0.280 e. The summed E-state index contributed by atoms with van der Waals surface area (Å²) in [5.74, 6) is -0.112. The van der Waals surface area contributed by atoms with Gasteiger partial charge in [0, 0.05) is 11.1 Å². The first-order chi connectivity index (χ1) is 8.16. The first kappa shape index (κ1) is 11.8. The lowest BCUT2D eigenvalue weighted by molar-refractivity contribution is 0.0939. The van der Waals surface area contributed by atoms with Crippen molar-refractivity contribution in [2.24, 2.45) is 0 Å². The van der Waals surface area contributed by atoms with Gasteiger partial charge in [-0.3, -0.25) is 4.79 Å². The molecule has 0 saturated carbocycles. The minimum atomic E-state index is -0.112. The van der Waals surface area contributed by atoms with Crippen LogP contribution in [0.1, 0.15) is 34.0 Å². The molecule has 0 spiro atoms. The predicted octanol–water partition coefficient (Wildman–Crippen LogP) is 2.94. The van der Waals surface area contributed by atoms with Crippen molar-refractivity contribution in [1.29, 1.82) is 0 Å². The number of thiazole rings is 1. The third kappa shape index (κ3) is 2.91. The highest BCUT2D eigenvalue weighted by Crippen LogP contribution is 2.14. The second-order valence-corrected chi connectivity index (χ2v) is 4.76. The van der Waals surface area contributed by atoms with Gasteiger partial charge < -0.3 is 5.32 Å². The maximum absolute atomic E-state index is 11.9. The van der Waals surface area contributed by atoms with Crippen LogP contribution in [0.25, 0.3) is 0 Å². The summed E-state index contributed by atoms with van der Waals surface area (Å²) in [4.78, 5) is 16.0. The van der Waals surface area contributed by atoms with Crippen LogP contribution in [0.4, 0.5) is 0 Å². The molecule has 0 radical (unpaired) electrons. The smallest absolute Gasteiger partial charge is 0.280 e. The van der Waals surface area contributed by atoms with E-state index in [0.717, 1.165) is 11.3 Å². The summed E-state index contributed by atoms with van der Waals surface area (Å²) in [6, 6.07) is 9.88. The fourth-order valence-corrected chi connectivity index (χ4v) is 2.24. The van der Waals surface area contributed by atoms with Gasteiger partial charge in [-0.1, -0.05) is 30.3 Å². The minimum Gasteiger partial charge on any atom is -0.343 e. The molecule has 1 aromatic carbocycles. The molecule has 3 nitrogen and oxygen atoms in total. The summed E-state index contributed by atoms with van der Waals surface area (Å²) in [5, 5.41) is 5.33. The van der Waals surface area contributed by atoms with Crippen molar-refractivity contribution >= 4 is 17.2 Å². The van der Waals surface area contributed by atoms with Crippen LogP contribution in [0.5, 0.6) is 0 Å². The van der Waals surface area contributed by atoms with Gasteiger partial charge >= 0.3 is 0 Å². The standard InChI is InChI=1S/C13H14N2OS/c1-9-8-17-13(14-9)12(16)15-10(2)11-6-4-3-5-7-11/h3-8,10H,1-2H3,(H,15,16). The van der Waals surface area contributed by atoms with Crippen LogP contribution in [0.3, 0.4) is 0 Å². The summed E-state index contributed by atoms with van der Waals surface area (Å²) < 4.78 is 0. The van der Waals surface area contributed by atoms with E-state index >= 15 is 0 Å². The van der Waals surface area contributed by atoms with E-state index in [1.807, 2.05) is 49.6 Å². The highest BCUT2D eigenvalue weighted by Gasteiger charge is 2.13. The van der Waals surface area contributed by atoms with Gasteiger partial charge in [0.15, 0.2) is 5.01 Å².